The van der Waals surface area contributed by atoms with Gasteiger partial charge in [-0.15, -0.1) is 5.10 Å². The summed E-state index contributed by atoms with van der Waals surface area (Å²) in [5.41, 5.74) is 3.73. The Hall–Kier alpha value is -2.97. The van der Waals surface area contributed by atoms with E-state index in [1.54, 1.807) is 16.9 Å². The monoisotopic (exact) mass is 367 g/mol. The Morgan fingerprint density at radius 1 is 1.31 bits per heavy atom. The van der Waals surface area contributed by atoms with E-state index in [-0.39, 0.29) is 13.2 Å². The SMILES string of the molecule is Cc1cc(Nc2nn3cc(-c4cccnc4)nc3s2)ccc1OCCO. The fourth-order valence-corrected chi connectivity index (χ4v) is 3.37. The van der Waals surface area contributed by atoms with E-state index in [1.165, 1.54) is 11.3 Å². The zero-order valence-corrected chi connectivity index (χ0v) is 14.9. The molecule has 0 radical (unpaired) electrons. The number of nitrogens with one attached hydrogen (secondary N) is 1. The summed E-state index contributed by atoms with van der Waals surface area (Å²) in [4.78, 5) is 9.54. The van der Waals surface area contributed by atoms with Crippen molar-refractivity contribution in [1.82, 2.24) is 19.6 Å². The van der Waals surface area contributed by atoms with E-state index in [2.05, 4.69) is 20.4 Å². The molecular formula is C18H17N5O2S. The molecule has 3 heterocycles. The standard InChI is InChI=1S/C18H17N5O2S/c1-12-9-14(4-5-16(12)25-8-7-24)20-17-22-23-11-15(21-18(23)26-17)13-3-2-6-19-10-13/h2-6,9-11,24H,7-8H2,1H3,(H,20,22). The number of benzene rings is 1. The lowest BCUT2D eigenvalue weighted by Gasteiger charge is -2.09. The highest BCUT2D eigenvalue weighted by Gasteiger charge is 2.10. The van der Waals surface area contributed by atoms with Crippen LogP contribution in [0.3, 0.4) is 0 Å². The summed E-state index contributed by atoms with van der Waals surface area (Å²) < 4.78 is 7.24. The molecule has 0 saturated carbocycles. The maximum Gasteiger partial charge on any atom is 0.214 e. The van der Waals surface area contributed by atoms with Crippen molar-refractivity contribution in [2.24, 2.45) is 0 Å². The van der Waals surface area contributed by atoms with Crippen LogP contribution < -0.4 is 10.1 Å². The van der Waals surface area contributed by atoms with E-state index >= 15 is 0 Å². The minimum absolute atomic E-state index is 0.000612. The number of aliphatic hydroxyl groups is 1. The van der Waals surface area contributed by atoms with Crippen LogP contribution in [-0.2, 0) is 0 Å². The smallest absolute Gasteiger partial charge is 0.214 e. The van der Waals surface area contributed by atoms with Crippen LogP contribution in [0.15, 0.2) is 48.9 Å². The third-order valence-electron chi connectivity index (χ3n) is 3.78. The van der Waals surface area contributed by atoms with Crippen molar-refractivity contribution in [3.8, 4) is 17.0 Å². The van der Waals surface area contributed by atoms with Crippen LogP contribution in [0.5, 0.6) is 5.75 Å². The van der Waals surface area contributed by atoms with Gasteiger partial charge in [-0.1, -0.05) is 11.3 Å². The number of hydrogen-bond donors (Lipinski definition) is 2. The summed E-state index contributed by atoms with van der Waals surface area (Å²) in [7, 11) is 0. The number of fused-ring (bicyclic) bond motifs is 1. The first-order valence-electron chi connectivity index (χ1n) is 8.11. The highest BCUT2D eigenvalue weighted by molar-refractivity contribution is 7.20. The fourth-order valence-electron chi connectivity index (χ4n) is 2.57. The Kier molecular flexibility index (Phi) is 4.51. The minimum atomic E-state index is -0.000612. The molecule has 0 aliphatic rings. The summed E-state index contributed by atoms with van der Waals surface area (Å²) in [5, 5.41) is 17.4. The summed E-state index contributed by atoms with van der Waals surface area (Å²) >= 11 is 1.48. The summed E-state index contributed by atoms with van der Waals surface area (Å²) in [6.45, 7) is 2.25. The number of anilines is 2. The number of hydrogen-bond acceptors (Lipinski definition) is 7. The lowest BCUT2D eigenvalue weighted by Crippen LogP contribution is -2.03. The molecule has 1 aromatic carbocycles. The summed E-state index contributed by atoms with van der Waals surface area (Å²) in [6.07, 6.45) is 5.42. The molecule has 0 amide bonds. The van der Waals surface area contributed by atoms with Crippen molar-refractivity contribution in [2.75, 3.05) is 18.5 Å². The molecule has 0 aliphatic heterocycles. The van der Waals surface area contributed by atoms with Crippen LogP contribution >= 0.6 is 11.3 Å². The van der Waals surface area contributed by atoms with Crippen molar-refractivity contribution in [2.45, 2.75) is 6.92 Å². The highest BCUT2D eigenvalue weighted by atomic mass is 32.1. The van der Waals surface area contributed by atoms with E-state index < -0.39 is 0 Å². The van der Waals surface area contributed by atoms with Crippen LogP contribution in [-0.4, -0.2) is 37.9 Å². The van der Waals surface area contributed by atoms with Crippen molar-refractivity contribution in [3.63, 3.8) is 0 Å². The van der Waals surface area contributed by atoms with Crippen molar-refractivity contribution in [1.29, 1.82) is 0 Å². The van der Waals surface area contributed by atoms with Gasteiger partial charge in [-0.2, -0.15) is 0 Å². The Morgan fingerprint density at radius 2 is 2.23 bits per heavy atom. The van der Waals surface area contributed by atoms with Gasteiger partial charge in [-0.05, 0) is 42.8 Å². The number of imidazole rings is 1. The van der Waals surface area contributed by atoms with Gasteiger partial charge in [0.05, 0.1) is 18.5 Å². The van der Waals surface area contributed by atoms with Crippen LogP contribution in [0.2, 0.25) is 0 Å². The molecule has 4 aromatic rings. The topological polar surface area (TPSA) is 84.6 Å². The Bertz CT molecular complexity index is 997. The molecule has 3 aromatic heterocycles. The maximum atomic E-state index is 8.85. The van der Waals surface area contributed by atoms with E-state index in [4.69, 9.17) is 9.84 Å². The van der Waals surface area contributed by atoms with Gasteiger partial charge >= 0.3 is 0 Å². The van der Waals surface area contributed by atoms with Gasteiger partial charge in [-0.25, -0.2) is 9.50 Å². The van der Waals surface area contributed by atoms with Crippen molar-refractivity contribution in [3.05, 3.63) is 54.5 Å². The van der Waals surface area contributed by atoms with E-state index in [1.807, 2.05) is 43.5 Å². The Morgan fingerprint density at radius 3 is 2.96 bits per heavy atom. The number of aryl methyl sites for hydroxylation is 1. The van der Waals surface area contributed by atoms with E-state index in [9.17, 15) is 0 Å². The van der Waals surface area contributed by atoms with Crippen molar-refractivity contribution >= 4 is 27.1 Å². The van der Waals surface area contributed by atoms with Gasteiger partial charge < -0.3 is 15.2 Å². The average molecular weight is 367 g/mol. The molecule has 4 rings (SSSR count). The second-order valence-electron chi connectivity index (χ2n) is 5.68. The number of aromatic nitrogens is 4. The van der Waals surface area contributed by atoms with Gasteiger partial charge in [0.2, 0.25) is 10.1 Å². The molecule has 8 heteroatoms. The van der Waals surface area contributed by atoms with Gasteiger partial charge in [0, 0.05) is 23.6 Å². The Labute approximate surface area is 153 Å². The molecular weight excluding hydrogens is 350 g/mol. The molecule has 0 saturated heterocycles. The molecule has 132 valence electrons. The second kappa shape index (κ2) is 7.11. The van der Waals surface area contributed by atoms with Crippen LogP contribution in [0, 0.1) is 6.92 Å². The maximum absolute atomic E-state index is 8.85. The number of pyridine rings is 1. The number of aliphatic hydroxyl groups excluding tert-OH is 1. The third-order valence-corrected chi connectivity index (χ3v) is 4.61. The average Bonchev–Trinajstić information content (AvgIpc) is 3.20. The van der Waals surface area contributed by atoms with E-state index in [0.29, 0.717) is 0 Å². The molecule has 0 unspecified atom stereocenters. The van der Waals surface area contributed by atoms with Gasteiger partial charge in [-0.3, -0.25) is 4.98 Å². The molecule has 0 atom stereocenters. The number of rotatable bonds is 6. The van der Waals surface area contributed by atoms with Crippen molar-refractivity contribution < 1.29 is 9.84 Å². The molecule has 0 fully saturated rings. The quantitative estimate of drug-likeness (QED) is 0.544. The normalized spacial score (nSPS) is 11.0. The van der Waals surface area contributed by atoms with E-state index in [0.717, 1.165) is 38.4 Å². The molecule has 0 spiro atoms. The molecule has 26 heavy (non-hydrogen) atoms. The molecule has 0 bridgehead atoms. The van der Waals surface area contributed by atoms with Crippen LogP contribution in [0.4, 0.5) is 10.8 Å². The first-order valence-corrected chi connectivity index (χ1v) is 8.92. The first-order chi connectivity index (χ1) is 12.7. The number of ether oxygens (including phenoxy) is 1. The number of nitrogens with zero attached hydrogens (tertiary/aromatic N) is 4. The molecule has 0 aliphatic carbocycles. The molecule has 7 nitrogen and oxygen atoms in total. The zero-order valence-electron chi connectivity index (χ0n) is 14.1. The second-order valence-corrected chi connectivity index (χ2v) is 6.64. The summed E-state index contributed by atoms with van der Waals surface area (Å²) in [6, 6.07) is 9.65. The predicted molar refractivity (Wildman–Crippen MR) is 101 cm³/mol. The lowest BCUT2D eigenvalue weighted by molar-refractivity contribution is 0.200. The van der Waals surface area contributed by atoms with Gasteiger partial charge in [0.25, 0.3) is 0 Å². The summed E-state index contributed by atoms with van der Waals surface area (Å²) in [5.74, 6) is 0.764. The lowest BCUT2D eigenvalue weighted by atomic mass is 10.2. The van der Waals surface area contributed by atoms with Crippen LogP contribution in [0.1, 0.15) is 5.56 Å². The highest BCUT2D eigenvalue weighted by Crippen LogP contribution is 2.28. The van der Waals surface area contributed by atoms with Crippen LogP contribution in [0.25, 0.3) is 16.2 Å². The predicted octanol–water partition coefficient (Wildman–Crippen LogP) is 3.28. The minimum Gasteiger partial charge on any atom is -0.491 e. The van der Waals surface area contributed by atoms with Gasteiger partial charge in [0.1, 0.15) is 12.4 Å². The molecule has 2 N–H and O–H groups in total. The largest absolute Gasteiger partial charge is 0.491 e. The Balaban J connectivity index is 1.53. The third kappa shape index (κ3) is 3.37. The first kappa shape index (κ1) is 16.5. The zero-order chi connectivity index (χ0) is 17.9. The fraction of sp³-hybridized carbons (Fsp3) is 0.167. The van der Waals surface area contributed by atoms with Gasteiger partial charge in [0.15, 0.2) is 0 Å².